The number of rotatable bonds is 3. The Morgan fingerprint density at radius 1 is 1.20 bits per heavy atom. The Morgan fingerprint density at radius 2 is 1.67 bits per heavy atom. The maximum absolute atomic E-state index is 11.2. The second-order valence-corrected chi connectivity index (χ2v) is 5.10. The molecular formula is C10H20N2O3. The van der Waals surface area contributed by atoms with Crippen LogP contribution in [-0.2, 0) is 9.53 Å². The van der Waals surface area contributed by atoms with Crippen molar-refractivity contribution in [3.63, 3.8) is 0 Å². The predicted octanol–water partition coefficient (Wildman–Crippen LogP) is 1.02. The highest BCUT2D eigenvalue weighted by Gasteiger charge is 2.26. The van der Waals surface area contributed by atoms with Gasteiger partial charge in [-0.2, -0.15) is 0 Å². The van der Waals surface area contributed by atoms with Crippen LogP contribution in [0.5, 0.6) is 0 Å². The third kappa shape index (κ3) is 5.93. The van der Waals surface area contributed by atoms with Gasteiger partial charge < -0.3 is 15.8 Å². The van der Waals surface area contributed by atoms with Gasteiger partial charge in [0.05, 0.1) is 5.41 Å². The molecule has 0 fully saturated rings. The molecule has 0 aliphatic rings. The lowest BCUT2D eigenvalue weighted by atomic mass is 9.93. The van der Waals surface area contributed by atoms with E-state index in [2.05, 4.69) is 5.32 Å². The third-order valence-corrected chi connectivity index (χ3v) is 1.74. The largest absolute Gasteiger partial charge is 0.444 e. The standard InChI is InChI=1S/C10H20N2O3/c1-9(2,3)15-8(14)12-6-10(4,5)7(11)13/h6H2,1-5H3,(H2,11,13)(H,12,14). The summed E-state index contributed by atoms with van der Waals surface area (Å²) in [5.74, 6) is -0.460. The van der Waals surface area contributed by atoms with Crippen LogP contribution in [0.25, 0.3) is 0 Å². The highest BCUT2D eigenvalue weighted by molar-refractivity contribution is 5.81. The van der Waals surface area contributed by atoms with Crippen molar-refractivity contribution in [2.45, 2.75) is 40.2 Å². The van der Waals surface area contributed by atoms with Crippen LogP contribution in [0.3, 0.4) is 0 Å². The van der Waals surface area contributed by atoms with E-state index in [0.717, 1.165) is 0 Å². The molecule has 0 aromatic rings. The molecule has 0 spiro atoms. The van der Waals surface area contributed by atoms with Crippen LogP contribution in [0, 0.1) is 5.41 Å². The second kappa shape index (κ2) is 4.51. The van der Waals surface area contributed by atoms with E-state index in [1.807, 2.05) is 0 Å². The number of hydrogen-bond donors (Lipinski definition) is 2. The number of carbonyl (C=O) groups is 2. The lowest BCUT2D eigenvalue weighted by molar-refractivity contribution is -0.125. The molecule has 0 atom stereocenters. The van der Waals surface area contributed by atoms with Crippen molar-refractivity contribution >= 4 is 12.0 Å². The van der Waals surface area contributed by atoms with Gasteiger partial charge in [-0.25, -0.2) is 4.79 Å². The van der Waals surface area contributed by atoms with Gasteiger partial charge in [0.25, 0.3) is 0 Å². The fourth-order valence-electron chi connectivity index (χ4n) is 0.694. The van der Waals surface area contributed by atoms with Gasteiger partial charge >= 0.3 is 6.09 Å². The van der Waals surface area contributed by atoms with E-state index in [4.69, 9.17) is 10.5 Å². The summed E-state index contributed by atoms with van der Waals surface area (Å²) in [4.78, 5) is 22.2. The van der Waals surface area contributed by atoms with E-state index >= 15 is 0 Å². The van der Waals surface area contributed by atoms with E-state index in [-0.39, 0.29) is 6.54 Å². The molecule has 0 aromatic carbocycles. The SMILES string of the molecule is CC(C)(C)OC(=O)NCC(C)(C)C(N)=O. The van der Waals surface area contributed by atoms with Crippen LogP contribution in [-0.4, -0.2) is 24.1 Å². The molecule has 0 bridgehead atoms. The van der Waals surface area contributed by atoms with Crippen LogP contribution in [0.4, 0.5) is 4.79 Å². The highest BCUT2D eigenvalue weighted by Crippen LogP contribution is 2.12. The van der Waals surface area contributed by atoms with E-state index in [1.54, 1.807) is 34.6 Å². The van der Waals surface area contributed by atoms with Gasteiger partial charge in [0.15, 0.2) is 0 Å². The summed E-state index contributed by atoms with van der Waals surface area (Å²) in [6.45, 7) is 8.79. The lowest BCUT2D eigenvalue weighted by Crippen LogP contribution is -2.43. The molecule has 0 saturated carbocycles. The quantitative estimate of drug-likeness (QED) is 0.739. The summed E-state index contributed by atoms with van der Waals surface area (Å²) < 4.78 is 5.01. The van der Waals surface area contributed by atoms with Gasteiger partial charge in [0.2, 0.25) is 5.91 Å². The topological polar surface area (TPSA) is 81.4 Å². The first kappa shape index (κ1) is 13.7. The fraction of sp³-hybridized carbons (Fsp3) is 0.800. The second-order valence-electron chi connectivity index (χ2n) is 5.10. The molecule has 88 valence electrons. The van der Waals surface area contributed by atoms with E-state index < -0.39 is 23.0 Å². The number of carbonyl (C=O) groups excluding carboxylic acids is 2. The summed E-state index contributed by atoms with van der Waals surface area (Å²) in [7, 11) is 0. The molecule has 2 amide bonds. The zero-order chi connectivity index (χ0) is 12.3. The first-order chi connectivity index (χ1) is 6.54. The molecule has 0 heterocycles. The highest BCUT2D eigenvalue weighted by atomic mass is 16.6. The Hall–Kier alpha value is -1.26. The average molecular weight is 216 g/mol. The summed E-state index contributed by atoms with van der Waals surface area (Å²) in [5.41, 5.74) is 3.84. The van der Waals surface area contributed by atoms with Crippen molar-refractivity contribution in [3.8, 4) is 0 Å². The lowest BCUT2D eigenvalue weighted by Gasteiger charge is -2.23. The zero-order valence-corrected chi connectivity index (χ0v) is 10.0. The van der Waals surface area contributed by atoms with E-state index in [0.29, 0.717) is 0 Å². The van der Waals surface area contributed by atoms with Crippen molar-refractivity contribution in [3.05, 3.63) is 0 Å². The monoisotopic (exact) mass is 216 g/mol. The number of nitrogens with one attached hydrogen (secondary N) is 1. The minimum atomic E-state index is -0.767. The number of ether oxygens (including phenoxy) is 1. The normalized spacial score (nSPS) is 12.1. The maximum Gasteiger partial charge on any atom is 0.407 e. The van der Waals surface area contributed by atoms with Gasteiger partial charge in [0, 0.05) is 6.54 Å². The van der Waals surface area contributed by atoms with Gasteiger partial charge in [0.1, 0.15) is 5.60 Å². The van der Waals surface area contributed by atoms with Crippen LogP contribution in [0.1, 0.15) is 34.6 Å². The van der Waals surface area contributed by atoms with Gasteiger partial charge in [-0.05, 0) is 34.6 Å². The molecular weight excluding hydrogens is 196 g/mol. The number of alkyl carbamates (subject to hydrolysis) is 1. The Labute approximate surface area is 90.4 Å². The molecule has 0 aliphatic carbocycles. The Kier molecular flexibility index (Phi) is 4.13. The zero-order valence-electron chi connectivity index (χ0n) is 10.0. The van der Waals surface area contributed by atoms with Gasteiger partial charge in [-0.1, -0.05) is 0 Å². The summed E-state index contributed by atoms with van der Waals surface area (Å²) in [5, 5.41) is 2.50. The number of nitrogens with two attached hydrogens (primary N) is 1. The number of primary amides is 1. The third-order valence-electron chi connectivity index (χ3n) is 1.74. The van der Waals surface area contributed by atoms with E-state index in [9.17, 15) is 9.59 Å². The van der Waals surface area contributed by atoms with Gasteiger partial charge in [-0.3, -0.25) is 4.79 Å². The fourth-order valence-corrected chi connectivity index (χ4v) is 0.694. The van der Waals surface area contributed by atoms with Crippen molar-refractivity contribution in [1.82, 2.24) is 5.32 Å². The Morgan fingerprint density at radius 3 is 2.00 bits per heavy atom. The van der Waals surface area contributed by atoms with Crippen molar-refractivity contribution in [1.29, 1.82) is 0 Å². The Bertz CT molecular complexity index is 254. The van der Waals surface area contributed by atoms with Crippen LogP contribution >= 0.6 is 0 Å². The molecule has 0 unspecified atom stereocenters. The Balaban J connectivity index is 4.07. The minimum Gasteiger partial charge on any atom is -0.444 e. The van der Waals surface area contributed by atoms with Crippen molar-refractivity contribution in [2.75, 3.05) is 6.54 Å². The maximum atomic E-state index is 11.2. The average Bonchev–Trinajstić information content (AvgIpc) is 1.97. The van der Waals surface area contributed by atoms with E-state index in [1.165, 1.54) is 0 Å². The molecule has 5 nitrogen and oxygen atoms in total. The minimum absolute atomic E-state index is 0.164. The molecule has 0 aliphatic heterocycles. The molecule has 0 radical (unpaired) electrons. The van der Waals surface area contributed by atoms with Gasteiger partial charge in [-0.15, -0.1) is 0 Å². The molecule has 5 heteroatoms. The summed E-state index contributed by atoms with van der Waals surface area (Å²) in [6, 6.07) is 0. The molecule has 0 aromatic heterocycles. The molecule has 0 rings (SSSR count). The number of hydrogen-bond acceptors (Lipinski definition) is 3. The first-order valence-corrected chi connectivity index (χ1v) is 4.81. The van der Waals surface area contributed by atoms with Crippen molar-refractivity contribution < 1.29 is 14.3 Å². The first-order valence-electron chi connectivity index (χ1n) is 4.81. The summed E-state index contributed by atoms with van der Waals surface area (Å²) >= 11 is 0. The van der Waals surface area contributed by atoms with Crippen LogP contribution in [0.2, 0.25) is 0 Å². The van der Waals surface area contributed by atoms with Crippen LogP contribution < -0.4 is 11.1 Å². The molecule has 0 saturated heterocycles. The number of amides is 2. The smallest absolute Gasteiger partial charge is 0.407 e. The molecule has 3 N–H and O–H groups in total. The molecule has 15 heavy (non-hydrogen) atoms. The summed E-state index contributed by atoms with van der Waals surface area (Å²) in [6.07, 6.45) is -0.545. The predicted molar refractivity (Wildman–Crippen MR) is 57.2 cm³/mol. The van der Waals surface area contributed by atoms with Crippen LogP contribution in [0.15, 0.2) is 0 Å². The van der Waals surface area contributed by atoms with Crippen molar-refractivity contribution in [2.24, 2.45) is 11.1 Å².